The third-order valence-corrected chi connectivity index (χ3v) is 4.80. The van der Waals surface area contributed by atoms with Crippen molar-refractivity contribution >= 4 is 35.2 Å². The third-order valence-electron chi connectivity index (χ3n) is 3.53. The largest absolute Gasteiger partial charge is 0.482 e. The van der Waals surface area contributed by atoms with Crippen LogP contribution in [0.2, 0.25) is 5.02 Å². The lowest BCUT2D eigenvalue weighted by Crippen LogP contribution is -2.26. The molecule has 1 amide bonds. The number of carboxylic acid groups (broad SMARTS) is 1. The first-order valence-corrected chi connectivity index (χ1v) is 9.42. The Hall–Kier alpha value is -2.18. The maximum atomic E-state index is 12.1. The van der Waals surface area contributed by atoms with Gasteiger partial charge in [-0.05, 0) is 48.9 Å². The zero-order valence-electron chi connectivity index (χ0n) is 14.3. The summed E-state index contributed by atoms with van der Waals surface area (Å²) in [4.78, 5) is 23.6. The second kappa shape index (κ2) is 10.1. The van der Waals surface area contributed by atoms with E-state index in [9.17, 15) is 9.59 Å². The van der Waals surface area contributed by atoms with Crippen molar-refractivity contribution in [2.75, 3.05) is 12.4 Å². The Morgan fingerprint density at radius 2 is 1.81 bits per heavy atom. The molecule has 7 heteroatoms. The summed E-state index contributed by atoms with van der Waals surface area (Å²) in [6, 6.07) is 14.4. The Kier molecular flexibility index (Phi) is 7.81. The zero-order chi connectivity index (χ0) is 18.9. The van der Waals surface area contributed by atoms with E-state index in [0.29, 0.717) is 22.9 Å². The molecule has 0 bridgehead atoms. The van der Waals surface area contributed by atoms with Crippen LogP contribution in [0.1, 0.15) is 24.9 Å². The van der Waals surface area contributed by atoms with Crippen LogP contribution in [0, 0.1) is 0 Å². The summed E-state index contributed by atoms with van der Waals surface area (Å²) in [5.74, 6) is 0.118. The minimum Gasteiger partial charge on any atom is -0.482 e. The number of hydrogen-bond donors (Lipinski definition) is 2. The molecule has 1 unspecified atom stereocenters. The molecule has 26 heavy (non-hydrogen) atoms. The van der Waals surface area contributed by atoms with Gasteiger partial charge in [0.05, 0.1) is 6.04 Å². The summed E-state index contributed by atoms with van der Waals surface area (Å²) in [5.41, 5.74) is 0.923. The van der Waals surface area contributed by atoms with E-state index in [1.807, 2.05) is 43.3 Å². The van der Waals surface area contributed by atoms with Crippen molar-refractivity contribution in [3.05, 3.63) is 59.1 Å². The molecule has 138 valence electrons. The molecule has 2 rings (SSSR count). The number of rotatable bonds is 9. The average molecular weight is 394 g/mol. The van der Waals surface area contributed by atoms with Gasteiger partial charge in [-0.1, -0.05) is 23.7 Å². The summed E-state index contributed by atoms with van der Waals surface area (Å²) < 4.78 is 5.09. The SMILES string of the molecule is CC(NC(=O)CCSc1ccc(Cl)cc1)c1ccc(OCC(=O)O)cc1. The average Bonchev–Trinajstić information content (AvgIpc) is 2.62. The first kappa shape index (κ1) is 20.1. The van der Waals surface area contributed by atoms with Crippen LogP contribution >= 0.6 is 23.4 Å². The summed E-state index contributed by atoms with van der Waals surface area (Å²) in [7, 11) is 0. The van der Waals surface area contributed by atoms with E-state index in [1.165, 1.54) is 0 Å². The molecule has 0 aliphatic rings. The minimum absolute atomic E-state index is 0.0230. The van der Waals surface area contributed by atoms with Gasteiger partial charge >= 0.3 is 5.97 Å². The van der Waals surface area contributed by atoms with Gasteiger partial charge in [0.15, 0.2) is 6.61 Å². The van der Waals surface area contributed by atoms with Gasteiger partial charge in [-0.15, -0.1) is 11.8 Å². The maximum absolute atomic E-state index is 12.1. The van der Waals surface area contributed by atoms with Gasteiger partial charge in [0.1, 0.15) is 5.75 Å². The van der Waals surface area contributed by atoms with Crippen molar-refractivity contribution in [1.29, 1.82) is 0 Å². The van der Waals surface area contributed by atoms with E-state index in [-0.39, 0.29) is 18.6 Å². The number of carboxylic acids is 1. The number of benzene rings is 2. The number of aliphatic carboxylic acids is 1. The van der Waals surface area contributed by atoms with Crippen LogP contribution in [0.25, 0.3) is 0 Å². The van der Waals surface area contributed by atoms with Crippen molar-refractivity contribution in [3.8, 4) is 5.75 Å². The lowest BCUT2D eigenvalue weighted by molar-refractivity contribution is -0.139. The lowest BCUT2D eigenvalue weighted by Gasteiger charge is -2.15. The number of carbonyl (C=O) groups excluding carboxylic acids is 1. The van der Waals surface area contributed by atoms with Gasteiger partial charge in [0, 0.05) is 22.1 Å². The number of thioether (sulfide) groups is 1. The van der Waals surface area contributed by atoms with Crippen molar-refractivity contribution < 1.29 is 19.4 Å². The Bertz CT molecular complexity index is 734. The van der Waals surface area contributed by atoms with Crippen molar-refractivity contribution in [1.82, 2.24) is 5.32 Å². The quantitative estimate of drug-likeness (QED) is 0.625. The predicted octanol–water partition coefficient (Wildman–Crippen LogP) is 4.16. The van der Waals surface area contributed by atoms with Gasteiger partial charge in [-0.2, -0.15) is 0 Å². The maximum Gasteiger partial charge on any atom is 0.341 e. The van der Waals surface area contributed by atoms with Crippen LogP contribution in [0.15, 0.2) is 53.4 Å². The first-order chi connectivity index (χ1) is 12.4. The van der Waals surface area contributed by atoms with Crippen LogP contribution in [-0.2, 0) is 9.59 Å². The van der Waals surface area contributed by atoms with E-state index >= 15 is 0 Å². The highest BCUT2D eigenvalue weighted by molar-refractivity contribution is 7.99. The van der Waals surface area contributed by atoms with Gasteiger partial charge in [0.25, 0.3) is 0 Å². The van der Waals surface area contributed by atoms with Gasteiger partial charge in [-0.3, -0.25) is 4.79 Å². The van der Waals surface area contributed by atoms with E-state index < -0.39 is 5.97 Å². The van der Waals surface area contributed by atoms with Gasteiger partial charge in [0.2, 0.25) is 5.91 Å². The topological polar surface area (TPSA) is 75.6 Å². The summed E-state index contributed by atoms with van der Waals surface area (Å²) in [5, 5.41) is 12.2. The van der Waals surface area contributed by atoms with Crippen LogP contribution in [0.4, 0.5) is 0 Å². The highest BCUT2D eigenvalue weighted by Gasteiger charge is 2.10. The van der Waals surface area contributed by atoms with E-state index in [2.05, 4.69) is 5.32 Å². The van der Waals surface area contributed by atoms with Gasteiger partial charge < -0.3 is 15.2 Å². The monoisotopic (exact) mass is 393 g/mol. The number of halogens is 1. The fourth-order valence-electron chi connectivity index (χ4n) is 2.19. The Morgan fingerprint density at radius 1 is 1.15 bits per heavy atom. The fraction of sp³-hybridized carbons (Fsp3) is 0.263. The fourth-order valence-corrected chi connectivity index (χ4v) is 3.16. The van der Waals surface area contributed by atoms with E-state index in [0.717, 1.165) is 10.5 Å². The smallest absolute Gasteiger partial charge is 0.341 e. The molecule has 0 heterocycles. The molecule has 0 fully saturated rings. The number of nitrogens with one attached hydrogen (secondary N) is 1. The standard InChI is InChI=1S/C19H20ClNO4S/c1-13(14-2-6-16(7-3-14)25-12-19(23)24)21-18(22)10-11-26-17-8-4-15(20)5-9-17/h2-9,13H,10-12H2,1H3,(H,21,22)(H,23,24). The highest BCUT2D eigenvalue weighted by atomic mass is 35.5. The molecule has 0 aliphatic heterocycles. The summed E-state index contributed by atoms with van der Waals surface area (Å²) in [6.07, 6.45) is 0.414. The molecule has 2 N–H and O–H groups in total. The van der Waals surface area contributed by atoms with Crippen molar-refractivity contribution in [3.63, 3.8) is 0 Å². The van der Waals surface area contributed by atoms with Crippen LogP contribution in [0.5, 0.6) is 5.75 Å². The predicted molar refractivity (Wildman–Crippen MR) is 103 cm³/mol. The number of carbonyl (C=O) groups is 2. The molecule has 2 aromatic rings. The molecule has 0 saturated heterocycles. The third kappa shape index (κ3) is 6.98. The Labute approximate surface area is 161 Å². The normalized spacial score (nSPS) is 11.6. The Morgan fingerprint density at radius 3 is 2.42 bits per heavy atom. The van der Waals surface area contributed by atoms with Crippen LogP contribution in [0.3, 0.4) is 0 Å². The summed E-state index contributed by atoms with van der Waals surface area (Å²) in [6.45, 7) is 1.52. The molecule has 0 aliphatic carbocycles. The van der Waals surface area contributed by atoms with Crippen molar-refractivity contribution in [2.24, 2.45) is 0 Å². The van der Waals surface area contributed by atoms with Crippen molar-refractivity contribution in [2.45, 2.75) is 24.3 Å². The lowest BCUT2D eigenvalue weighted by atomic mass is 10.1. The zero-order valence-corrected chi connectivity index (χ0v) is 15.8. The molecular weight excluding hydrogens is 374 g/mol. The molecule has 2 aromatic carbocycles. The first-order valence-electron chi connectivity index (χ1n) is 8.06. The number of hydrogen-bond acceptors (Lipinski definition) is 4. The second-order valence-electron chi connectivity index (χ2n) is 5.59. The minimum atomic E-state index is -1.02. The molecule has 0 aromatic heterocycles. The van der Waals surface area contributed by atoms with E-state index in [4.69, 9.17) is 21.4 Å². The highest BCUT2D eigenvalue weighted by Crippen LogP contribution is 2.21. The van der Waals surface area contributed by atoms with Gasteiger partial charge in [-0.25, -0.2) is 4.79 Å². The van der Waals surface area contributed by atoms with Crippen LogP contribution in [-0.4, -0.2) is 29.3 Å². The molecular formula is C19H20ClNO4S. The molecule has 0 radical (unpaired) electrons. The van der Waals surface area contributed by atoms with Crippen LogP contribution < -0.4 is 10.1 Å². The summed E-state index contributed by atoms with van der Waals surface area (Å²) >= 11 is 7.45. The molecule has 0 spiro atoms. The van der Waals surface area contributed by atoms with E-state index in [1.54, 1.807) is 23.9 Å². The Balaban J connectivity index is 1.75. The number of amides is 1. The molecule has 1 atom stereocenters. The molecule has 5 nitrogen and oxygen atoms in total. The molecule has 0 saturated carbocycles. The second-order valence-corrected chi connectivity index (χ2v) is 7.20. The number of ether oxygens (including phenoxy) is 1.